The summed E-state index contributed by atoms with van der Waals surface area (Å²) in [6, 6.07) is 53.1. The van der Waals surface area contributed by atoms with E-state index >= 15 is 0 Å². The van der Waals surface area contributed by atoms with Gasteiger partial charge in [-0.05, 0) is 41.5 Å². The highest BCUT2D eigenvalue weighted by Gasteiger charge is 2.14. The van der Waals surface area contributed by atoms with Crippen LogP contribution in [0, 0.1) is 0 Å². The lowest BCUT2D eigenvalue weighted by Crippen LogP contribution is -1.96. The van der Waals surface area contributed by atoms with Crippen LogP contribution in [0.4, 0.5) is 0 Å². The number of aromatic nitrogens is 3. The molecule has 0 aliphatic carbocycles. The van der Waals surface area contributed by atoms with Crippen molar-refractivity contribution >= 4 is 32.7 Å². The molecule has 0 saturated heterocycles. The Hall–Kier alpha value is -5.54. The van der Waals surface area contributed by atoms with Gasteiger partial charge in [0.2, 0.25) is 0 Å². The summed E-state index contributed by atoms with van der Waals surface area (Å²) >= 11 is 0. The van der Waals surface area contributed by atoms with Crippen LogP contribution >= 0.6 is 0 Å². The van der Waals surface area contributed by atoms with Crippen molar-refractivity contribution in [2.24, 2.45) is 0 Å². The number of para-hydroxylation sites is 3. The minimum atomic E-state index is 0.727. The van der Waals surface area contributed by atoms with E-state index in [2.05, 4.69) is 144 Å². The van der Waals surface area contributed by atoms with Gasteiger partial charge in [-0.2, -0.15) is 0 Å². The quantitative estimate of drug-likeness (QED) is 0.230. The SMILES string of the molecule is c1ccc(-c2ccc(-c3nc(-c4ccc(-n5c6ccccc6c6ccccc65)cc4)c4ccccc4n3)cc2)cc1. The lowest BCUT2D eigenvalue weighted by Gasteiger charge is -2.12. The third-order valence-electron chi connectivity index (χ3n) is 7.83. The molecular formula is C38H25N3. The van der Waals surface area contributed by atoms with Gasteiger partial charge >= 0.3 is 0 Å². The molecular weight excluding hydrogens is 498 g/mol. The monoisotopic (exact) mass is 523 g/mol. The van der Waals surface area contributed by atoms with Crippen molar-refractivity contribution in [1.29, 1.82) is 0 Å². The van der Waals surface area contributed by atoms with Gasteiger partial charge in [0, 0.05) is 33.0 Å². The smallest absolute Gasteiger partial charge is 0.160 e. The number of hydrogen-bond donors (Lipinski definition) is 0. The van der Waals surface area contributed by atoms with E-state index in [9.17, 15) is 0 Å². The minimum Gasteiger partial charge on any atom is -0.309 e. The Labute approximate surface area is 238 Å². The van der Waals surface area contributed by atoms with E-state index in [0.717, 1.165) is 39.2 Å². The van der Waals surface area contributed by atoms with Gasteiger partial charge < -0.3 is 4.57 Å². The van der Waals surface area contributed by atoms with E-state index in [1.54, 1.807) is 0 Å². The lowest BCUT2D eigenvalue weighted by molar-refractivity contribution is 1.18. The fraction of sp³-hybridized carbons (Fsp3) is 0. The maximum atomic E-state index is 5.12. The molecule has 0 saturated carbocycles. The topological polar surface area (TPSA) is 30.7 Å². The summed E-state index contributed by atoms with van der Waals surface area (Å²) in [5, 5.41) is 3.57. The predicted octanol–water partition coefficient (Wildman–Crippen LogP) is 9.73. The molecule has 0 bridgehead atoms. The zero-order chi connectivity index (χ0) is 27.2. The zero-order valence-corrected chi connectivity index (χ0v) is 22.3. The highest BCUT2D eigenvalue weighted by atomic mass is 15.0. The van der Waals surface area contributed by atoms with E-state index in [1.807, 2.05) is 12.1 Å². The van der Waals surface area contributed by atoms with Crippen LogP contribution < -0.4 is 0 Å². The van der Waals surface area contributed by atoms with E-state index in [1.165, 1.54) is 32.9 Å². The Balaban J connectivity index is 1.23. The van der Waals surface area contributed by atoms with E-state index in [-0.39, 0.29) is 0 Å². The van der Waals surface area contributed by atoms with Crippen LogP contribution in [-0.2, 0) is 0 Å². The molecule has 3 heteroatoms. The Morgan fingerprint density at radius 2 is 0.878 bits per heavy atom. The van der Waals surface area contributed by atoms with Crippen molar-refractivity contribution in [3.05, 3.63) is 152 Å². The third-order valence-corrected chi connectivity index (χ3v) is 7.83. The molecule has 0 atom stereocenters. The highest BCUT2D eigenvalue weighted by molar-refractivity contribution is 6.09. The van der Waals surface area contributed by atoms with Crippen molar-refractivity contribution in [2.45, 2.75) is 0 Å². The molecule has 41 heavy (non-hydrogen) atoms. The van der Waals surface area contributed by atoms with Gasteiger partial charge in [0.1, 0.15) is 0 Å². The van der Waals surface area contributed by atoms with Gasteiger partial charge in [0.15, 0.2) is 5.82 Å². The van der Waals surface area contributed by atoms with Crippen molar-refractivity contribution < 1.29 is 0 Å². The fourth-order valence-corrected chi connectivity index (χ4v) is 5.84. The lowest BCUT2D eigenvalue weighted by atomic mass is 10.0. The molecule has 0 fully saturated rings. The predicted molar refractivity (Wildman–Crippen MR) is 170 cm³/mol. The van der Waals surface area contributed by atoms with Crippen LogP contribution in [-0.4, -0.2) is 14.5 Å². The van der Waals surface area contributed by atoms with E-state index in [0.29, 0.717) is 0 Å². The maximum Gasteiger partial charge on any atom is 0.160 e. The zero-order valence-electron chi connectivity index (χ0n) is 22.3. The summed E-state index contributed by atoms with van der Waals surface area (Å²) in [5.41, 5.74) is 9.84. The molecule has 6 aromatic carbocycles. The van der Waals surface area contributed by atoms with E-state index in [4.69, 9.17) is 9.97 Å². The first kappa shape index (κ1) is 23.4. The van der Waals surface area contributed by atoms with Crippen LogP contribution in [0.5, 0.6) is 0 Å². The molecule has 0 aliphatic rings. The number of rotatable bonds is 4. The van der Waals surface area contributed by atoms with Gasteiger partial charge in [0.05, 0.1) is 22.2 Å². The standard InChI is InChI=1S/C38H25N3/c1-2-10-26(11-3-1)27-18-20-29(21-19-27)38-39-34-15-7-4-14-33(34)37(40-38)28-22-24-30(25-23-28)41-35-16-8-5-12-31(35)32-13-6-9-17-36(32)41/h1-25H. The first-order chi connectivity index (χ1) is 20.3. The third kappa shape index (κ3) is 3.98. The van der Waals surface area contributed by atoms with Crippen molar-refractivity contribution in [3.8, 4) is 39.5 Å². The Bertz CT molecular complexity index is 2120. The van der Waals surface area contributed by atoms with Gasteiger partial charge in [-0.15, -0.1) is 0 Å². The molecule has 0 radical (unpaired) electrons. The normalized spacial score (nSPS) is 11.4. The largest absolute Gasteiger partial charge is 0.309 e. The Kier molecular flexibility index (Phi) is 5.46. The molecule has 2 aromatic heterocycles. The van der Waals surface area contributed by atoms with Gasteiger partial charge in [-0.1, -0.05) is 121 Å². The molecule has 8 rings (SSSR count). The second-order valence-electron chi connectivity index (χ2n) is 10.3. The second kappa shape index (κ2) is 9.58. The number of nitrogens with zero attached hydrogens (tertiary/aromatic N) is 3. The molecule has 0 spiro atoms. The summed E-state index contributed by atoms with van der Waals surface area (Å²) in [6.45, 7) is 0. The van der Waals surface area contributed by atoms with Crippen molar-refractivity contribution in [1.82, 2.24) is 14.5 Å². The van der Waals surface area contributed by atoms with Crippen LogP contribution in [0.15, 0.2) is 152 Å². The van der Waals surface area contributed by atoms with Crippen LogP contribution in [0.3, 0.4) is 0 Å². The molecule has 0 N–H and O–H groups in total. The molecule has 0 unspecified atom stereocenters. The average molecular weight is 524 g/mol. The molecule has 192 valence electrons. The summed E-state index contributed by atoms with van der Waals surface area (Å²) < 4.78 is 2.34. The molecule has 8 aromatic rings. The van der Waals surface area contributed by atoms with Gasteiger partial charge in [-0.25, -0.2) is 9.97 Å². The minimum absolute atomic E-state index is 0.727. The Morgan fingerprint density at radius 3 is 1.56 bits per heavy atom. The first-order valence-electron chi connectivity index (χ1n) is 13.9. The number of fused-ring (bicyclic) bond motifs is 4. The fourth-order valence-electron chi connectivity index (χ4n) is 5.84. The average Bonchev–Trinajstić information content (AvgIpc) is 3.39. The van der Waals surface area contributed by atoms with E-state index < -0.39 is 0 Å². The number of benzene rings is 6. The maximum absolute atomic E-state index is 5.12. The van der Waals surface area contributed by atoms with Crippen molar-refractivity contribution in [2.75, 3.05) is 0 Å². The molecule has 0 amide bonds. The van der Waals surface area contributed by atoms with Crippen LogP contribution in [0.1, 0.15) is 0 Å². The summed E-state index contributed by atoms with van der Waals surface area (Å²) in [4.78, 5) is 10.1. The Morgan fingerprint density at radius 1 is 0.366 bits per heavy atom. The summed E-state index contributed by atoms with van der Waals surface area (Å²) in [5.74, 6) is 0.727. The summed E-state index contributed by atoms with van der Waals surface area (Å²) in [7, 11) is 0. The van der Waals surface area contributed by atoms with Gasteiger partial charge in [0.25, 0.3) is 0 Å². The van der Waals surface area contributed by atoms with Crippen LogP contribution in [0.25, 0.3) is 72.2 Å². The molecule has 0 aliphatic heterocycles. The highest BCUT2D eigenvalue weighted by Crippen LogP contribution is 2.34. The summed E-state index contributed by atoms with van der Waals surface area (Å²) in [6.07, 6.45) is 0. The second-order valence-corrected chi connectivity index (χ2v) is 10.3. The molecule has 3 nitrogen and oxygen atoms in total. The molecule has 2 heterocycles. The van der Waals surface area contributed by atoms with Gasteiger partial charge in [-0.3, -0.25) is 0 Å². The van der Waals surface area contributed by atoms with Crippen LogP contribution in [0.2, 0.25) is 0 Å². The number of hydrogen-bond acceptors (Lipinski definition) is 2. The first-order valence-corrected chi connectivity index (χ1v) is 13.9. The van der Waals surface area contributed by atoms with Crippen molar-refractivity contribution in [3.63, 3.8) is 0 Å².